The Morgan fingerprint density at radius 2 is 1.95 bits per heavy atom. The third kappa shape index (κ3) is 4.59. The molecule has 0 unspecified atom stereocenters. The number of primary sulfonamides is 1. The molecule has 1 aromatic carbocycles. The van der Waals surface area contributed by atoms with Crippen molar-refractivity contribution in [3.05, 3.63) is 23.8 Å². The van der Waals surface area contributed by atoms with Gasteiger partial charge in [0.2, 0.25) is 15.9 Å². The molecule has 0 heterocycles. The maximum Gasteiger partial charge on any atom is 0.241 e. The number of hydrogen-bond donors (Lipinski definition) is 3. The van der Waals surface area contributed by atoms with E-state index in [1.165, 1.54) is 12.1 Å². The molecule has 0 aliphatic rings. The predicted octanol–water partition coefficient (Wildman–Crippen LogP) is 0.954. The van der Waals surface area contributed by atoms with Crippen LogP contribution in [0.1, 0.15) is 25.8 Å². The standard InChI is InChI=1S/C13H21N3O3S/c1-8(2)6-11(14)13(17)16-12-7-10(20(15,18)19)5-4-9(12)3/h4-5,7-8,11H,6,14H2,1-3H3,(H,16,17)(H2,15,18,19)/t11-/m1/s1. The molecule has 0 aromatic heterocycles. The monoisotopic (exact) mass is 299 g/mol. The lowest BCUT2D eigenvalue weighted by Crippen LogP contribution is -2.36. The predicted molar refractivity (Wildman–Crippen MR) is 78.6 cm³/mol. The van der Waals surface area contributed by atoms with Crippen LogP contribution < -0.4 is 16.2 Å². The van der Waals surface area contributed by atoms with Gasteiger partial charge in [0.25, 0.3) is 0 Å². The molecule has 112 valence electrons. The fraction of sp³-hybridized carbons (Fsp3) is 0.462. The quantitative estimate of drug-likeness (QED) is 0.750. The molecule has 5 N–H and O–H groups in total. The van der Waals surface area contributed by atoms with Gasteiger partial charge in [0.15, 0.2) is 0 Å². The number of carbonyl (C=O) groups is 1. The molecule has 6 nitrogen and oxygen atoms in total. The Kier molecular flexibility index (Phi) is 5.27. The molecular formula is C13H21N3O3S. The second-order valence-electron chi connectivity index (χ2n) is 5.25. The lowest BCUT2D eigenvalue weighted by atomic mass is 10.0. The van der Waals surface area contributed by atoms with E-state index in [0.717, 1.165) is 5.56 Å². The summed E-state index contributed by atoms with van der Waals surface area (Å²) in [6.07, 6.45) is 0.555. The lowest BCUT2D eigenvalue weighted by Gasteiger charge is -2.15. The number of carbonyl (C=O) groups excluding carboxylic acids is 1. The average molecular weight is 299 g/mol. The van der Waals surface area contributed by atoms with Crippen molar-refractivity contribution in [2.75, 3.05) is 5.32 Å². The number of nitrogens with one attached hydrogen (secondary N) is 1. The Labute approximate surface area is 119 Å². The summed E-state index contributed by atoms with van der Waals surface area (Å²) in [5.74, 6) is -0.0408. The minimum atomic E-state index is -3.80. The molecule has 1 rings (SSSR count). The third-order valence-electron chi connectivity index (χ3n) is 2.86. The highest BCUT2D eigenvalue weighted by atomic mass is 32.2. The largest absolute Gasteiger partial charge is 0.324 e. The Hall–Kier alpha value is -1.44. The van der Waals surface area contributed by atoms with Crippen LogP contribution in [0.15, 0.2) is 23.1 Å². The van der Waals surface area contributed by atoms with E-state index in [2.05, 4.69) is 5.32 Å². The van der Waals surface area contributed by atoms with Gasteiger partial charge in [-0.1, -0.05) is 19.9 Å². The maximum absolute atomic E-state index is 11.9. The highest BCUT2D eigenvalue weighted by Gasteiger charge is 2.17. The summed E-state index contributed by atoms with van der Waals surface area (Å²) in [5, 5.41) is 7.71. The summed E-state index contributed by atoms with van der Waals surface area (Å²) < 4.78 is 22.6. The molecule has 0 saturated heterocycles. The minimum absolute atomic E-state index is 0.0455. The van der Waals surface area contributed by atoms with Crippen LogP contribution in [0.4, 0.5) is 5.69 Å². The second-order valence-corrected chi connectivity index (χ2v) is 6.81. The highest BCUT2D eigenvalue weighted by molar-refractivity contribution is 7.89. The van der Waals surface area contributed by atoms with Gasteiger partial charge in [-0.3, -0.25) is 4.79 Å². The van der Waals surface area contributed by atoms with Crippen LogP contribution in [0, 0.1) is 12.8 Å². The molecule has 0 saturated carbocycles. The Morgan fingerprint density at radius 1 is 1.35 bits per heavy atom. The van der Waals surface area contributed by atoms with Crippen LogP contribution in [0.3, 0.4) is 0 Å². The van der Waals surface area contributed by atoms with Crippen molar-refractivity contribution in [2.45, 2.75) is 38.1 Å². The Morgan fingerprint density at radius 3 is 2.45 bits per heavy atom. The molecular weight excluding hydrogens is 278 g/mol. The van der Waals surface area contributed by atoms with Crippen molar-refractivity contribution in [2.24, 2.45) is 16.8 Å². The lowest BCUT2D eigenvalue weighted by molar-refractivity contribution is -0.117. The molecule has 7 heteroatoms. The second kappa shape index (κ2) is 6.34. The van der Waals surface area contributed by atoms with Gasteiger partial charge in [-0.05, 0) is 37.0 Å². The van der Waals surface area contributed by atoms with Crippen molar-refractivity contribution in [3.63, 3.8) is 0 Å². The van der Waals surface area contributed by atoms with E-state index >= 15 is 0 Å². The normalized spacial score (nSPS) is 13.3. The smallest absolute Gasteiger partial charge is 0.241 e. The zero-order chi connectivity index (χ0) is 15.5. The van der Waals surface area contributed by atoms with Gasteiger partial charge in [-0.2, -0.15) is 0 Å². The first-order chi connectivity index (χ1) is 9.11. The van der Waals surface area contributed by atoms with Crippen molar-refractivity contribution in [3.8, 4) is 0 Å². The molecule has 1 amide bonds. The summed E-state index contributed by atoms with van der Waals surface area (Å²) in [6.45, 7) is 5.70. The molecule has 1 atom stereocenters. The van der Waals surface area contributed by atoms with E-state index in [9.17, 15) is 13.2 Å². The van der Waals surface area contributed by atoms with E-state index in [1.54, 1.807) is 13.0 Å². The first kappa shape index (κ1) is 16.6. The Bertz CT molecular complexity index is 597. The maximum atomic E-state index is 11.9. The van der Waals surface area contributed by atoms with Crippen LogP contribution in [0.5, 0.6) is 0 Å². The number of rotatable bonds is 5. The molecule has 0 aliphatic carbocycles. The fourth-order valence-electron chi connectivity index (χ4n) is 1.75. The Balaban J connectivity index is 2.95. The average Bonchev–Trinajstić information content (AvgIpc) is 2.29. The van der Waals surface area contributed by atoms with Gasteiger partial charge in [0.05, 0.1) is 10.9 Å². The van der Waals surface area contributed by atoms with Crippen LogP contribution in [-0.2, 0) is 14.8 Å². The van der Waals surface area contributed by atoms with Crippen molar-refractivity contribution < 1.29 is 13.2 Å². The van der Waals surface area contributed by atoms with Crippen LogP contribution in [-0.4, -0.2) is 20.4 Å². The van der Waals surface area contributed by atoms with Gasteiger partial charge in [0, 0.05) is 5.69 Å². The van der Waals surface area contributed by atoms with E-state index < -0.39 is 16.1 Å². The van der Waals surface area contributed by atoms with E-state index in [0.29, 0.717) is 18.0 Å². The first-order valence-corrected chi connectivity index (χ1v) is 7.85. The van der Waals surface area contributed by atoms with Gasteiger partial charge in [-0.15, -0.1) is 0 Å². The van der Waals surface area contributed by atoms with Gasteiger partial charge in [0.1, 0.15) is 0 Å². The number of nitrogens with two attached hydrogens (primary N) is 2. The van der Waals surface area contributed by atoms with Crippen LogP contribution in [0.2, 0.25) is 0 Å². The third-order valence-corrected chi connectivity index (χ3v) is 3.77. The zero-order valence-corrected chi connectivity index (χ0v) is 12.7. The molecule has 0 bridgehead atoms. The number of benzene rings is 1. The van der Waals surface area contributed by atoms with Crippen molar-refractivity contribution >= 4 is 21.6 Å². The van der Waals surface area contributed by atoms with Crippen LogP contribution in [0.25, 0.3) is 0 Å². The number of anilines is 1. The topological polar surface area (TPSA) is 115 Å². The van der Waals surface area contributed by atoms with E-state index in [1.807, 2.05) is 13.8 Å². The number of aryl methyl sites for hydroxylation is 1. The molecule has 0 spiro atoms. The zero-order valence-electron chi connectivity index (χ0n) is 11.9. The summed E-state index contributed by atoms with van der Waals surface area (Å²) >= 11 is 0. The van der Waals surface area contributed by atoms with Crippen LogP contribution >= 0.6 is 0 Å². The molecule has 0 aliphatic heterocycles. The molecule has 0 radical (unpaired) electrons. The highest BCUT2D eigenvalue weighted by Crippen LogP contribution is 2.20. The summed E-state index contributed by atoms with van der Waals surface area (Å²) in [7, 11) is -3.80. The summed E-state index contributed by atoms with van der Waals surface area (Å²) in [5.41, 5.74) is 6.93. The summed E-state index contributed by atoms with van der Waals surface area (Å²) in [4.78, 5) is 11.9. The number of sulfonamides is 1. The number of hydrogen-bond acceptors (Lipinski definition) is 4. The van der Waals surface area contributed by atoms with Crippen molar-refractivity contribution in [1.82, 2.24) is 0 Å². The van der Waals surface area contributed by atoms with E-state index in [4.69, 9.17) is 10.9 Å². The molecule has 0 fully saturated rings. The summed E-state index contributed by atoms with van der Waals surface area (Å²) in [6, 6.07) is 3.69. The molecule has 1 aromatic rings. The van der Waals surface area contributed by atoms with Gasteiger partial charge < -0.3 is 11.1 Å². The number of amides is 1. The molecule has 20 heavy (non-hydrogen) atoms. The SMILES string of the molecule is Cc1ccc(S(N)(=O)=O)cc1NC(=O)[C@H](N)CC(C)C. The van der Waals surface area contributed by atoms with Crippen molar-refractivity contribution in [1.29, 1.82) is 0 Å². The fourth-order valence-corrected chi connectivity index (χ4v) is 2.29. The van der Waals surface area contributed by atoms with E-state index in [-0.39, 0.29) is 10.8 Å². The first-order valence-electron chi connectivity index (χ1n) is 6.31. The van der Waals surface area contributed by atoms with Gasteiger partial charge in [-0.25, -0.2) is 13.6 Å². The minimum Gasteiger partial charge on any atom is -0.324 e. The van der Waals surface area contributed by atoms with Gasteiger partial charge >= 0.3 is 0 Å².